The molecule has 1 amide bonds. The lowest BCUT2D eigenvalue weighted by molar-refractivity contribution is -0.145. The molecule has 0 aromatic carbocycles. The van der Waals surface area contributed by atoms with Crippen molar-refractivity contribution in [2.75, 3.05) is 20.1 Å². The number of likely N-dealkylation sites (tertiary alicyclic amines) is 1. The average molecular weight is 256 g/mol. The fraction of sp³-hybridized carbons (Fsp3) is 0.846. The molecule has 1 rings (SSSR count). The third kappa shape index (κ3) is 3.98. The van der Waals surface area contributed by atoms with E-state index in [-0.39, 0.29) is 18.5 Å². The number of aliphatic carboxylic acids is 1. The number of rotatable bonds is 4. The van der Waals surface area contributed by atoms with Crippen molar-refractivity contribution in [3.63, 3.8) is 0 Å². The Kier molecular flexibility index (Phi) is 5.59. The van der Waals surface area contributed by atoms with Crippen LogP contribution < -0.4 is 0 Å². The molecule has 18 heavy (non-hydrogen) atoms. The van der Waals surface area contributed by atoms with E-state index in [0.29, 0.717) is 13.0 Å². The topological polar surface area (TPSA) is 60.9 Å². The van der Waals surface area contributed by atoms with E-state index in [0.717, 1.165) is 19.3 Å². The van der Waals surface area contributed by atoms with E-state index < -0.39 is 12.0 Å². The van der Waals surface area contributed by atoms with Gasteiger partial charge in [0.05, 0.1) is 6.54 Å². The van der Waals surface area contributed by atoms with E-state index in [1.165, 1.54) is 0 Å². The Morgan fingerprint density at radius 3 is 2.56 bits per heavy atom. The van der Waals surface area contributed by atoms with Gasteiger partial charge in [-0.05, 0) is 33.2 Å². The average Bonchev–Trinajstić information content (AvgIpc) is 2.53. The van der Waals surface area contributed by atoms with Crippen LogP contribution in [0.15, 0.2) is 0 Å². The molecule has 1 atom stereocenters. The molecule has 1 fully saturated rings. The van der Waals surface area contributed by atoms with Crippen molar-refractivity contribution >= 4 is 11.9 Å². The quantitative estimate of drug-likeness (QED) is 0.820. The maximum atomic E-state index is 12.0. The van der Waals surface area contributed by atoms with Crippen molar-refractivity contribution in [2.45, 2.75) is 51.6 Å². The van der Waals surface area contributed by atoms with Gasteiger partial charge < -0.3 is 10.0 Å². The van der Waals surface area contributed by atoms with Crippen molar-refractivity contribution in [3.8, 4) is 0 Å². The third-order valence-electron chi connectivity index (χ3n) is 3.66. The van der Waals surface area contributed by atoms with E-state index in [2.05, 4.69) is 0 Å². The van der Waals surface area contributed by atoms with Gasteiger partial charge in [-0.25, -0.2) is 0 Å². The maximum absolute atomic E-state index is 12.0. The number of carboxylic acids is 1. The Labute approximate surface area is 109 Å². The molecule has 1 aliphatic heterocycles. The molecule has 1 N–H and O–H groups in total. The van der Waals surface area contributed by atoms with Gasteiger partial charge in [-0.2, -0.15) is 0 Å². The van der Waals surface area contributed by atoms with Gasteiger partial charge in [0, 0.05) is 13.1 Å². The summed E-state index contributed by atoms with van der Waals surface area (Å²) in [4.78, 5) is 26.7. The number of nitrogens with zero attached hydrogens (tertiary/aromatic N) is 2. The summed E-state index contributed by atoms with van der Waals surface area (Å²) in [7, 11) is 1.76. The number of likely N-dealkylation sites (N-methyl/N-ethyl adjacent to an activating group) is 1. The lowest BCUT2D eigenvalue weighted by Gasteiger charge is -2.29. The molecule has 0 saturated carbocycles. The monoisotopic (exact) mass is 256 g/mol. The number of hydrogen-bond acceptors (Lipinski definition) is 3. The minimum atomic E-state index is -0.808. The molecule has 0 spiro atoms. The minimum absolute atomic E-state index is 0.00171. The first-order valence-corrected chi connectivity index (χ1v) is 6.66. The Morgan fingerprint density at radius 2 is 2.00 bits per heavy atom. The first kappa shape index (κ1) is 15.0. The van der Waals surface area contributed by atoms with Gasteiger partial charge in [-0.3, -0.25) is 14.5 Å². The standard InChI is InChI=1S/C13H24N2O3/c1-10(2)14(3)12(16)9-15-8-6-4-5-7-11(15)13(17)18/h10-11H,4-9H2,1-3H3,(H,17,18). The zero-order valence-corrected chi connectivity index (χ0v) is 11.6. The second-order valence-electron chi connectivity index (χ2n) is 5.27. The van der Waals surface area contributed by atoms with Crippen LogP contribution in [0.25, 0.3) is 0 Å². The molecule has 0 bridgehead atoms. The van der Waals surface area contributed by atoms with Gasteiger partial charge in [0.1, 0.15) is 6.04 Å². The largest absolute Gasteiger partial charge is 0.480 e. The Bertz CT molecular complexity index is 305. The zero-order chi connectivity index (χ0) is 13.7. The first-order valence-electron chi connectivity index (χ1n) is 6.66. The van der Waals surface area contributed by atoms with Crippen LogP contribution in [0.2, 0.25) is 0 Å². The minimum Gasteiger partial charge on any atom is -0.480 e. The normalized spacial score (nSPS) is 21.7. The molecule has 1 unspecified atom stereocenters. The third-order valence-corrected chi connectivity index (χ3v) is 3.66. The van der Waals surface area contributed by atoms with Crippen molar-refractivity contribution < 1.29 is 14.7 Å². The molecule has 5 nitrogen and oxygen atoms in total. The van der Waals surface area contributed by atoms with E-state index in [9.17, 15) is 14.7 Å². The fourth-order valence-electron chi connectivity index (χ4n) is 2.21. The molecule has 104 valence electrons. The van der Waals surface area contributed by atoms with E-state index in [1.807, 2.05) is 18.7 Å². The summed E-state index contributed by atoms with van der Waals surface area (Å²) in [5.74, 6) is -0.810. The molecule has 1 heterocycles. The van der Waals surface area contributed by atoms with Gasteiger partial charge in [0.25, 0.3) is 0 Å². The van der Waals surface area contributed by atoms with E-state index in [1.54, 1.807) is 11.9 Å². The Balaban J connectivity index is 2.66. The highest BCUT2D eigenvalue weighted by atomic mass is 16.4. The lowest BCUT2D eigenvalue weighted by Crippen LogP contribution is -2.47. The van der Waals surface area contributed by atoms with Crippen LogP contribution in [0.1, 0.15) is 39.5 Å². The summed E-state index contributed by atoms with van der Waals surface area (Å²) in [6.07, 6.45) is 3.60. The van der Waals surface area contributed by atoms with E-state index in [4.69, 9.17) is 0 Å². The summed E-state index contributed by atoms with van der Waals surface area (Å²) in [6.45, 7) is 4.82. The molecule has 1 aliphatic rings. The van der Waals surface area contributed by atoms with Crippen LogP contribution in [0.5, 0.6) is 0 Å². The van der Waals surface area contributed by atoms with Crippen LogP contribution in [0.4, 0.5) is 0 Å². The summed E-state index contributed by atoms with van der Waals surface area (Å²) in [6, 6.07) is -0.357. The highest BCUT2D eigenvalue weighted by molar-refractivity contribution is 5.80. The van der Waals surface area contributed by atoms with Crippen molar-refractivity contribution in [2.24, 2.45) is 0 Å². The molecular weight excluding hydrogens is 232 g/mol. The highest BCUT2D eigenvalue weighted by Gasteiger charge is 2.29. The van der Waals surface area contributed by atoms with Gasteiger partial charge in [0.15, 0.2) is 0 Å². The van der Waals surface area contributed by atoms with Crippen LogP contribution in [-0.4, -0.2) is 59.0 Å². The number of carbonyl (C=O) groups excluding carboxylic acids is 1. The lowest BCUT2D eigenvalue weighted by atomic mass is 10.1. The number of hydrogen-bond donors (Lipinski definition) is 1. The number of carboxylic acid groups (broad SMARTS) is 1. The van der Waals surface area contributed by atoms with Crippen LogP contribution >= 0.6 is 0 Å². The summed E-state index contributed by atoms with van der Waals surface area (Å²) < 4.78 is 0. The summed E-state index contributed by atoms with van der Waals surface area (Å²) in [5, 5.41) is 9.23. The first-order chi connectivity index (χ1) is 8.43. The summed E-state index contributed by atoms with van der Waals surface area (Å²) >= 11 is 0. The summed E-state index contributed by atoms with van der Waals surface area (Å²) in [5.41, 5.74) is 0. The molecule has 0 aromatic heterocycles. The molecule has 0 aliphatic carbocycles. The van der Waals surface area contributed by atoms with Gasteiger partial charge >= 0.3 is 5.97 Å². The van der Waals surface area contributed by atoms with Gasteiger partial charge in [0.2, 0.25) is 5.91 Å². The predicted octanol–water partition coefficient (Wildman–Crippen LogP) is 1.18. The molecule has 5 heteroatoms. The Morgan fingerprint density at radius 1 is 1.33 bits per heavy atom. The second kappa shape index (κ2) is 6.73. The maximum Gasteiger partial charge on any atom is 0.320 e. The Hall–Kier alpha value is -1.10. The van der Waals surface area contributed by atoms with Crippen molar-refractivity contribution in [3.05, 3.63) is 0 Å². The fourth-order valence-corrected chi connectivity index (χ4v) is 2.21. The number of amides is 1. The van der Waals surface area contributed by atoms with Gasteiger partial charge in [-0.15, -0.1) is 0 Å². The van der Waals surface area contributed by atoms with Crippen LogP contribution in [-0.2, 0) is 9.59 Å². The molecule has 0 aromatic rings. The van der Waals surface area contributed by atoms with Gasteiger partial charge in [-0.1, -0.05) is 12.8 Å². The van der Waals surface area contributed by atoms with Crippen molar-refractivity contribution in [1.29, 1.82) is 0 Å². The SMILES string of the molecule is CC(C)N(C)C(=O)CN1CCCCCC1C(=O)O. The van der Waals surface area contributed by atoms with Crippen LogP contribution in [0, 0.1) is 0 Å². The highest BCUT2D eigenvalue weighted by Crippen LogP contribution is 2.17. The second-order valence-corrected chi connectivity index (χ2v) is 5.27. The smallest absolute Gasteiger partial charge is 0.320 e. The number of carbonyl (C=O) groups is 2. The zero-order valence-electron chi connectivity index (χ0n) is 11.6. The molecular formula is C13H24N2O3. The predicted molar refractivity (Wildman–Crippen MR) is 69.4 cm³/mol. The molecule has 1 saturated heterocycles. The van der Waals surface area contributed by atoms with Crippen molar-refractivity contribution in [1.82, 2.24) is 9.80 Å². The van der Waals surface area contributed by atoms with Crippen LogP contribution in [0.3, 0.4) is 0 Å². The van der Waals surface area contributed by atoms with E-state index >= 15 is 0 Å². The molecule has 0 radical (unpaired) electrons.